The number of carbonyl (C=O) groups is 1. The minimum absolute atomic E-state index is 0.141. The zero-order chi connectivity index (χ0) is 27.5. The summed E-state index contributed by atoms with van der Waals surface area (Å²) in [6, 6.07) is 25.8. The Morgan fingerprint density at radius 2 is 1.72 bits per heavy atom. The molecule has 0 saturated heterocycles. The second-order valence-electron chi connectivity index (χ2n) is 9.50. The molecule has 0 fully saturated rings. The molecule has 0 bridgehead atoms. The van der Waals surface area contributed by atoms with Crippen LogP contribution in [-0.2, 0) is 4.74 Å². The number of amides is 1. The predicted octanol–water partition coefficient (Wildman–Crippen LogP) is 6.74. The molecule has 0 N–H and O–H groups in total. The second kappa shape index (κ2) is 11.4. The fraction of sp³-hybridized carbons (Fsp3) is 0.219. The number of halogens is 1. The summed E-state index contributed by atoms with van der Waals surface area (Å²) in [6.45, 7) is 4.59. The fourth-order valence-corrected chi connectivity index (χ4v) is 5.40. The molecule has 39 heavy (non-hydrogen) atoms. The standard InChI is InChI=1S/C32H30ClN3O3/c1-4-28(35(18-19-39-3)31(37)25-14-9-11-22-10-5-6-12-24(22)25)30-34-27-15-8-7-13-26(27)32(38)36(30)29-17-16-23(33)20-21(29)2/h5-17,20,28H,4,18-19H2,1-3H3. The third kappa shape index (κ3) is 5.05. The predicted molar refractivity (Wildman–Crippen MR) is 157 cm³/mol. The number of aromatic nitrogens is 2. The largest absolute Gasteiger partial charge is 0.383 e. The van der Waals surface area contributed by atoms with E-state index < -0.39 is 6.04 Å². The summed E-state index contributed by atoms with van der Waals surface area (Å²) >= 11 is 6.26. The van der Waals surface area contributed by atoms with Gasteiger partial charge in [-0.05, 0) is 66.1 Å². The molecule has 4 aromatic carbocycles. The molecule has 1 heterocycles. The number of hydrogen-bond donors (Lipinski definition) is 0. The fourth-order valence-electron chi connectivity index (χ4n) is 5.17. The quantitative estimate of drug-likeness (QED) is 0.219. The van der Waals surface area contributed by atoms with Gasteiger partial charge in [0.1, 0.15) is 5.82 Å². The molecule has 1 unspecified atom stereocenters. The lowest BCUT2D eigenvalue weighted by Gasteiger charge is -2.33. The van der Waals surface area contributed by atoms with Gasteiger partial charge >= 0.3 is 0 Å². The van der Waals surface area contributed by atoms with Crippen LogP contribution in [-0.4, -0.2) is 40.6 Å². The van der Waals surface area contributed by atoms with E-state index in [0.717, 1.165) is 16.3 Å². The number of hydrogen-bond acceptors (Lipinski definition) is 4. The summed E-state index contributed by atoms with van der Waals surface area (Å²) in [5.74, 6) is 0.355. The third-order valence-electron chi connectivity index (χ3n) is 7.08. The van der Waals surface area contributed by atoms with Crippen molar-refractivity contribution < 1.29 is 9.53 Å². The van der Waals surface area contributed by atoms with Crippen molar-refractivity contribution in [2.75, 3.05) is 20.3 Å². The molecule has 0 spiro atoms. The molecule has 1 aromatic heterocycles. The van der Waals surface area contributed by atoms with Crippen LogP contribution in [0, 0.1) is 6.92 Å². The van der Waals surface area contributed by atoms with Gasteiger partial charge in [0.05, 0.1) is 29.2 Å². The zero-order valence-corrected chi connectivity index (χ0v) is 23.0. The highest BCUT2D eigenvalue weighted by atomic mass is 35.5. The molecule has 0 radical (unpaired) electrons. The number of aryl methyl sites for hydroxylation is 1. The molecule has 7 heteroatoms. The highest BCUT2D eigenvalue weighted by molar-refractivity contribution is 6.30. The number of fused-ring (bicyclic) bond motifs is 2. The highest BCUT2D eigenvalue weighted by Crippen LogP contribution is 2.30. The first-order valence-corrected chi connectivity index (χ1v) is 13.4. The normalized spacial score (nSPS) is 12.1. The van der Waals surface area contributed by atoms with Crippen molar-refractivity contribution in [2.24, 2.45) is 0 Å². The number of rotatable bonds is 8. The van der Waals surface area contributed by atoms with E-state index in [1.54, 1.807) is 28.7 Å². The lowest BCUT2D eigenvalue weighted by molar-refractivity contribution is 0.0581. The van der Waals surface area contributed by atoms with Gasteiger partial charge < -0.3 is 9.64 Å². The van der Waals surface area contributed by atoms with Crippen molar-refractivity contribution in [1.82, 2.24) is 14.5 Å². The Morgan fingerprint density at radius 3 is 2.46 bits per heavy atom. The lowest BCUT2D eigenvalue weighted by atomic mass is 10.0. The van der Waals surface area contributed by atoms with Crippen LogP contribution in [0.3, 0.4) is 0 Å². The Balaban J connectivity index is 1.75. The van der Waals surface area contributed by atoms with E-state index in [4.69, 9.17) is 21.3 Å². The molecule has 0 aliphatic rings. The van der Waals surface area contributed by atoms with Crippen LogP contribution in [0.5, 0.6) is 0 Å². The average Bonchev–Trinajstić information content (AvgIpc) is 2.95. The maximum Gasteiger partial charge on any atom is 0.266 e. The minimum Gasteiger partial charge on any atom is -0.383 e. The first-order chi connectivity index (χ1) is 18.9. The SMILES string of the molecule is CCC(c1nc2ccccc2c(=O)n1-c1ccc(Cl)cc1C)N(CCOC)C(=O)c1cccc2ccccc12. The molecule has 5 aromatic rings. The van der Waals surface area contributed by atoms with Gasteiger partial charge in [-0.25, -0.2) is 4.98 Å². The Hall–Kier alpha value is -4.00. The first-order valence-electron chi connectivity index (χ1n) is 13.0. The van der Waals surface area contributed by atoms with Crippen LogP contribution < -0.4 is 5.56 Å². The van der Waals surface area contributed by atoms with Gasteiger partial charge in [0, 0.05) is 24.2 Å². The van der Waals surface area contributed by atoms with Gasteiger partial charge in [0.2, 0.25) is 0 Å². The van der Waals surface area contributed by atoms with Crippen LogP contribution in [0.15, 0.2) is 89.7 Å². The van der Waals surface area contributed by atoms with E-state index in [9.17, 15) is 9.59 Å². The molecule has 0 aliphatic carbocycles. The summed E-state index contributed by atoms with van der Waals surface area (Å²) in [7, 11) is 1.61. The molecular formula is C32H30ClN3O3. The maximum atomic E-state index is 14.3. The number of ether oxygens (including phenoxy) is 1. The first kappa shape index (κ1) is 26.6. The molecule has 198 valence electrons. The van der Waals surface area contributed by atoms with Crippen molar-refractivity contribution >= 4 is 39.2 Å². The van der Waals surface area contributed by atoms with E-state index in [-0.39, 0.29) is 11.5 Å². The van der Waals surface area contributed by atoms with Gasteiger partial charge in [0.15, 0.2) is 0 Å². The number of para-hydroxylation sites is 1. The van der Waals surface area contributed by atoms with Crippen molar-refractivity contribution in [2.45, 2.75) is 26.3 Å². The van der Waals surface area contributed by atoms with Crippen LogP contribution in [0.2, 0.25) is 5.02 Å². The monoisotopic (exact) mass is 539 g/mol. The number of methoxy groups -OCH3 is 1. The van der Waals surface area contributed by atoms with E-state index in [1.807, 2.05) is 86.6 Å². The molecule has 0 aliphatic heterocycles. The third-order valence-corrected chi connectivity index (χ3v) is 7.31. The molecule has 1 atom stereocenters. The van der Waals surface area contributed by atoms with E-state index in [0.29, 0.717) is 52.6 Å². The van der Waals surface area contributed by atoms with Gasteiger partial charge in [0.25, 0.3) is 11.5 Å². The molecule has 1 amide bonds. The minimum atomic E-state index is -0.501. The Bertz CT molecular complexity index is 1720. The van der Waals surface area contributed by atoms with Crippen LogP contribution in [0.25, 0.3) is 27.4 Å². The lowest BCUT2D eigenvalue weighted by Crippen LogP contribution is -2.40. The van der Waals surface area contributed by atoms with Crippen molar-refractivity contribution in [3.8, 4) is 5.69 Å². The van der Waals surface area contributed by atoms with E-state index in [2.05, 4.69) is 0 Å². The maximum absolute atomic E-state index is 14.3. The molecule has 6 nitrogen and oxygen atoms in total. The number of carbonyl (C=O) groups excluding carboxylic acids is 1. The topological polar surface area (TPSA) is 64.4 Å². The average molecular weight is 540 g/mol. The molecule has 5 rings (SSSR count). The number of nitrogens with zero attached hydrogens (tertiary/aromatic N) is 3. The summed E-state index contributed by atoms with van der Waals surface area (Å²) in [6.07, 6.45) is 0.539. The van der Waals surface area contributed by atoms with Gasteiger partial charge in [-0.15, -0.1) is 0 Å². The summed E-state index contributed by atoms with van der Waals surface area (Å²) in [5.41, 5.74) is 2.51. The molecular weight excluding hydrogens is 510 g/mol. The second-order valence-corrected chi connectivity index (χ2v) is 9.94. The highest BCUT2D eigenvalue weighted by Gasteiger charge is 2.30. The van der Waals surface area contributed by atoms with E-state index >= 15 is 0 Å². The smallest absolute Gasteiger partial charge is 0.266 e. The summed E-state index contributed by atoms with van der Waals surface area (Å²) in [5, 5.41) is 2.95. The van der Waals surface area contributed by atoms with Crippen molar-refractivity contribution in [3.05, 3.63) is 117 Å². The van der Waals surface area contributed by atoms with Gasteiger partial charge in [-0.3, -0.25) is 14.2 Å². The zero-order valence-electron chi connectivity index (χ0n) is 22.2. The van der Waals surface area contributed by atoms with Crippen molar-refractivity contribution in [3.63, 3.8) is 0 Å². The number of benzene rings is 4. The summed E-state index contributed by atoms with van der Waals surface area (Å²) < 4.78 is 7.06. The van der Waals surface area contributed by atoms with Crippen LogP contribution in [0.1, 0.15) is 41.1 Å². The van der Waals surface area contributed by atoms with Gasteiger partial charge in [-0.2, -0.15) is 0 Å². The summed E-state index contributed by atoms with van der Waals surface area (Å²) in [4.78, 5) is 35.1. The van der Waals surface area contributed by atoms with Crippen LogP contribution >= 0.6 is 11.6 Å². The Kier molecular flexibility index (Phi) is 7.77. The van der Waals surface area contributed by atoms with Crippen molar-refractivity contribution in [1.29, 1.82) is 0 Å². The Labute approximate surface area is 232 Å². The van der Waals surface area contributed by atoms with Crippen LogP contribution in [0.4, 0.5) is 0 Å². The molecule has 0 saturated carbocycles. The van der Waals surface area contributed by atoms with Gasteiger partial charge in [-0.1, -0.05) is 67.1 Å². The Morgan fingerprint density at radius 1 is 1.00 bits per heavy atom. The van der Waals surface area contributed by atoms with E-state index in [1.165, 1.54) is 0 Å².